The molecule has 0 aliphatic carbocycles. The Morgan fingerprint density at radius 2 is 2.24 bits per heavy atom. The molecule has 21 heavy (non-hydrogen) atoms. The predicted octanol–water partition coefficient (Wildman–Crippen LogP) is 0.873. The number of aromatic amines is 1. The van der Waals surface area contributed by atoms with Crippen LogP contribution < -0.4 is 10.4 Å². The molecule has 0 amide bonds. The second-order valence-corrected chi connectivity index (χ2v) is 5.43. The fourth-order valence-electron chi connectivity index (χ4n) is 1.86. The van der Waals surface area contributed by atoms with E-state index >= 15 is 0 Å². The number of H-pyrrole nitrogens is 1. The van der Waals surface area contributed by atoms with Crippen LogP contribution in [0.4, 0.5) is 0 Å². The average Bonchev–Trinajstić information content (AvgIpc) is 3.06. The highest BCUT2D eigenvalue weighted by molar-refractivity contribution is 14.1. The van der Waals surface area contributed by atoms with Gasteiger partial charge in [0, 0.05) is 28.4 Å². The minimum atomic E-state index is -0.393. The van der Waals surface area contributed by atoms with Crippen molar-refractivity contribution in [2.75, 3.05) is 0 Å². The molecular formula is C12H11IN6O2. The summed E-state index contributed by atoms with van der Waals surface area (Å²) in [5, 5.41) is 13.7. The average molecular weight is 398 g/mol. The molecule has 2 aromatic heterocycles. The van der Waals surface area contributed by atoms with E-state index in [0.717, 1.165) is 9.13 Å². The first kappa shape index (κ1) is 13.8. The molecule has 0 aliphatic heterocycles. The van der Waals surface area contributed by atoms with Crippen LogP contribution in [-0.4, -0.2) is 30.0 Å². The van der Waals surface area contributed by atoms with Gasteiger partial charge in [0.1, 0.15) is 6.61 Å². The van der Waals surface area contributed by atoms with Gasteiger partial charge in [0.2, 0.25) is 5.88 Å². The Morgan fingerprint density at radius 1 is 1.38 bits per heavy atom. The molecule has 8 nitrogen and oxygen atoms in total. The quantitative estimate of drug-likeness (QED) is 0.659. The molecule has 3 rings (SSSR count). The summed E-state index contributed by atoms with van der Waals surface area (Å²) in [5.41, 5.74) is 1.09. The van der Waals surface area contributed by atoms with Crippen molar-refractivity contribution in [3.8, 4) is 11.6 Å². The van der Waals surface area contributed by atoms with E-state index < -0.39 is 5.69 Å². The number of tetrazole rings is 1. The predicted molar refractivity (Wildman–Crippen MR) is 82.2 cm³/mol. The molecule has 0 atom stereocenters. The smallest absolute Gasteiger partial charge is 0.365 e. The second kappa shape index (κ2) is 5.68. The lowest BCUT2D eigenvalue weighted by Crippen LogP contribution is -2.18. The van der Waals surface area contributed by atoms with Gasteiger partial charge in [0.15, 0.2) is 0 Å². The number of aryl methyl sites for hydroxylation is 1. The van der Waals surface area contributed by atoms with Crippen molar-refractivity contribution in [3.05, 3.63) is 50.1 Å². The van der Waals surface area contributed by atoms with Crippen LogP contribution in [0.1, 0.15) is 5.56 Å². The summed E-state index contributed by atoms with van der Waals surface area (Å²) in [5.74, 6) is 0.524. The van der Waals surface area contributed by atoms with Crippen molar-refractivity contribution in [3.63, 3.8) is 0 Å². The zero-order valence-electron chi connectivity index (χ0n) is 11.0. The van der Waals surface area contributed by atoms with Crippen LogP contribution in [-0.2, 0) is 13.7 Å². The third-order valence-corrected chi connectivity index (χ3v) is 3.86. The maximum Gasteiger partial charge on any atom is 0.365 e. The van der Waals surface area contributed by atoms with Gasteiger partial charge in [-0.3, -0.25) is 4.68 Å². The lowest BCUT2D eigenvalue weighted by atomic mass is 10.2. The fraction of sp³-hybridized carbons (Fsp3) is 0.167. The monoisotopic (exact) mass is 398 g/mol. The topological polar surface area (TPSA) is 90.6 Å². The van der Waals surface area contributed by atoms with Crippen molar-refractivity contribution in [2.45, 2.75) is 6.61 Å². The normalized spacial score (nSPS) is 10.8. The van der Waals surface area contributed by atoms with Crippen LogP contribution in [0.3, 0.4) is 0 Å². The first-order valence-electron chi connectivity index (χ1n) is 6.06. The lowest BCUT2D eigenvalue weighted by molar-refractivity contribution is 0.289. The number of hydrogen-bond acceptors (Lipinski definition) is 5. The number of aromatic nitrogens is 6. The summed E-state index contributed by atoms with van der Waals surface area (Å²) in [6.07, 6.45) is 1.80. The van der Waals surface area contributed by atoms with Gasteiger partial charge in [-0.05, 0) is 45.2 Å². The van der Waals surface area contributed by atoms with Gasteiger partial charge in [-0.2, -0.15) is 4.68 Å². The Kier molecular flexibility index (Phi) is 3.73. The molecule has 0 bridgehead atoms. The minimum Gasteiger partial charge on any atom is -0.472 e. The molecular weight excluding hydrogens is 387 g/mol. The van der Waals surface area contributed by atoms with E-state index in [-0.39, 0.29) is 6.61 Å². The molecule has 0 fully saturated rings. The van der Waals surface area contributed by atoms with Crippen molar-refractivity contribution in [2.24, 2.45) is 7.05 Å². The maximum atomic E-state index is 11.7. The van der Waals surface area contributed by atoms with E-state index in [2.05, 4.69) is 43.2 Å². The van der Waals surface area contributed by atoms with E-state index in [4.69, 9.17) is 4.74 Å². The zero-order valence-corrected chi connectivity index (χ0v) is 13.2. The van der Waals surface area contributed by atoms with Gasteiger partial charge >= 0.3 is 5.69 Å². The molecule has 3 aromatic rings. The van der Waals surface area contributed by atoms with Crippen LogP contribution in [0.5, 0.6) is 5.88 Å². The first-order chi connectivity index (χ1) is 10.1. The number of halogens is 1. The van der Waals surface area contributed by atoms with E-state index in [1.165, 1.54) is 4.68 Å². The van der Waals surface area contributed by atoms with Gasteiger partial charge in [-0.1, -0.05) is 6.07 Å². The highest BCUT2D eigenvalue weighted by Gasteiger charge is 2.13. The molecule has 2 heterocycles. The fourth-order valence-corrected chi connectivity index (χ4v) is 2.50. The van der Waals surface area contributed by atoms with Gasteiger partial charge in [0.05, 0.1) is 5.69 Å². The minimum absolute atomic E-state index is 0.282. The highest BCUT2D eigenvalue weighted by atomic mass is 127. The summed E-state index contributed by atoms with van der Waals surface area (Å²) >= 11 is 2.19. The maximum absolute atomic E-state index is 11.7. The zero-order chi connectivity index (χ0) is 14.8. The van der Waals surface area contributed by atoms with Crippen LogP contribution >= 0.6 is 22.6 Å². The molecule has 108 valence electrons. The Labute approximate surface area is 132 Å². The largest absolute Gasteiger partial charge is 0.472 e. The molecule has 1 N–H and O–H groups in total. The molecule has 0 saturated carbocycles. The molecule has 9 heteroatoms. The Balaban J connectivity index is 1.94. The van der Waals surface area contributed by atoms with E-state index in [1.807, 2.05) is 19.2 Å². The van der Waals surface area contributed by atoms with E-state index in [0.29, 0.717) is 11.6 Å². The van der Waals surface area contributed by atoms with Crippen molar-refractivity contribution >= 4 is 22.6 Å². The Morgan fingerprint density at radius 3 is 2.90 bits per heavy atom. The summed E-state index contributed by atoms with van der Waals surface area (Å²) in [4.78, 5) is 11.7. The van der Waals surface area contributed by atoms with E-state index in [1.54, 1.807) is 23.0 Å². The molecule has 0 saturated heterocycles. The lowest BCUT2D eigenvalue weighted by Gasteiger charge is -2.10. The van der Waals surface area contributed by atoms with Crippen LogP contribution in [0.2, 0.25) is 0 Å². The Bertz CT molecular complexity index is 821. The van der Waals surface area contributed by atoms with Crippen molar-refractivity contribution in [1.82, 2.24) is 30.0 Å². The number of nitrogens with one attached hydrogen (secondary N) is 1. The third kappa shape index (κ3) is 2.82. The number of rotatable bonds is 4. The van der Waals surface area contributed by atoms with Crippen LogP contribution in [0.25, 0.3) is 5.69 Å². The summed E-state index contributed by atoms with van der Waals surface area (Å²) in [6, 6.07) is 7.36. The molecule has 0 unspecified atom stereocenters. The van der Waals surface area contributed by atoms with Crippen molar-refractivity contribution < 1.29 is 4.74 Å². The van der Waals surface area contributed by atoms with E-state index in [9.17, 15) is 4.79 Å². The third-order valence-electron chi connectivity index (χ3n) is 2.85. The molecule has 0 radical (unpaired) electrons. The SMILES string of the molecule is Cn1ccc(OCc2c(I)cccc2-n2nn[nH]c2=O)n1. The highest BCUT2D eigenvalue weighted by Crippen LogP contribution is 2.21. The summed E-state index contributed by atoms with van der Waals surface area (Å²) < 4.78 is 9.50. The number of benzene rings is 1. The number of nitrogens with zero attached hydrogens (tertiary/aromatic N) is 5. The number of ether oxygens (including phenoxy) is 1. The summed E-state index contributed by atoms with van der Waals surface area (Å²) in [7, 11) is 1.82. The number of hydrogen-bond donors (Lipinski definition) is 1. The Hall–Kier alpha value is -2.17. The standard InChI is InChI=1S/C12H11IN6O2/c1-18-6-5-11(15-18)21-7-8-9(13)3-2-4-10(8)19-12(20)14-16-17-19/h2-6H,7H2,1H3,(H,14,17,20). The van der Waals surface area contributed by atoms with Crippen LogP contribution in [0.15, 0.2) is 35.3 Å². The molecule has 0 aliphatic rings. The van der Waals surface area contributed by atoms with Crippen molar-refractivity contribution in [1.29, 1.82) is 0 Å². The van der Waals surface area contributed by atoms with Gasteiger partial charge in [0.25, 0.3) is 0 Å². The molecule has 0 spiro atoms. The van der Waals surface area contributed by atoms with Gasteiger partial charge in [-0.15, -0.1) is 5.10 Å². The van der Waals surface area contributed by atoms with Gasteiger partial charge < -0.3 is 4.74 Å². The summed E-state index contributed by atoms with van der Waals surface area (Å²) in [6.45, 7) is 0.282. The van der Waals surface area contributed by atoms with Gasteiger partial charge in [-0.25, -0.2) is 9.89 Å². The van der Waals surface area contributed by atoms with Crippen LogP contribution in [0, 0.1) is 3.57 Å². The molecule has 1 aromatic carbocycles. The first-order valence-corrected chi connectivity index (χ1v) is 7.13. The second-order valence-electron chi connectivity index (χ2n) is 4.27.